The average molecular weight is 251 g/mol. The second-order valence-corrected chi connectivity index (χ2v) is 5.55. The fourth-order valence-corrected chi connectivity index (χ4v) is 3.46. The summed E-state index contributed by atoms with van der Waals surface area (Å²) in [6.45, 7) is 3.59. The number of piperazine rings is 1. The third-order valence-electron chi connectivity index (χ3n) is 4.44. The summed E-state index contributed by atoms with van der Waals surface area (Å²) in [5.41, 5.74) is 0. The number of nitrogens with zero attached hydrogens (tertiary/aromatic N) is 2. The summed E-state index contributed by atoms with van der Waals surface area (Å²) >= 11 is 0. The number of amides is 2. The van der Waals surface area contributed by atoms with E-state index in [4.69, 9.17) is 0 Å². The number of imide groups is 1. The van der Waals surface area contributed by atoms with E-state index in [0.29, 0.717) is 6.42 Å². The fourth-order valence-electron chi connectivity index (χ4n) is 3.46. The second kappa shape index (κ2) is 4.97. The van der Waals surface area contributed by atoms with Gasteiger partial charge in [-0.15, -0.1) is 0 Å². The first-order valence-electron chi connectivity index (χ1n) is 7.08. The lowest BCUT2D eigenvalue weighted by Gasteiger charge is -2.31. The fraction of sp³-hybridized carbons (Fsp3) is 0.846. The first-order chi connectivity index (χ1) is 8.77. The maximum absolute atomic E-state index is 12.4. The zero-order valence-electron chi connectivity index (χ0n) is 10.7. The van der Waals surface area contributed by atoms with Crippen LogP contribution < -0.4 is 5.32 Å². The normalized spacial score (nSPS) is 31.6. The average Bonchev–Trinajstić information content (AvgIpc) is 2.99. The summed E-state index contributed by atoms with van der Waals surface area (Å²) < 4.78 is 0. The smallest absolute Gasteiger partial charge is 0.247 e. The molecule has 1 saturated carbocycles. The van der Waals surface area contributed by atoms with Crippen LogP contribution in [0.3, 0.4) is 0 Å². The van der Waals surface area contributed by atoms with E-state index < -0.39 is 0 Å². The van der Waals surface area contributed by atoms with Gasteiger partial charge < -0.3 is 5.32 Å². The number of nitrogens with one attached hydrogen (secondary N) is 1. The summed E-state index contributed by atoms with van der Waals surface area (Å²) in [4.78, 5) is 28.3. The first-order valence-corrected chi connectivity index (χ1v) is 7.08. The summed E-state index contributed by atoms with van der Waals surface area (Å²) in [5, 5.41) is 3.28. The zero-order valence-corrected chi connectivity index (χ0v) is 10.7. The molecule has 3 rings (SSSR count). The minimum atomic E-state index is -0.180. The van der Waals surface area contributed by atoms with Crippen molar-refractivity contribution in [1.82, 2.24) is 15.1 Å². The molecule has 0 radical (unpaired) electrons. The van der Waals surface area contributed by atoms with Crippen LogP contribution in [0.4, 0.5) is 0 Å². The topological polar surface area (TPSA) is 52.7 Å². The first kappa shape index (κ1) is 12.1. The summed E-state index contributed by atoms with van der Waals surface area (Å²) in [7, 11) is 0. The van der Waals surface area contributed by atoms with E-state index in [2.05, 4.69) is 10.2 Å². The van der Waals surface area contributed by atoms with Gasteiger partial charge in [-0.05, 0) is 12.8 Å². The van der Waals surface area contributed by atoms with Gasteiger partial charge in [0.1, 0.15) is 0 Å². The molecule has 2 saturated heterocycles. The van der Waals surface area contributed by atoms with Gasteiger partial charge in [0.25, 0.3) is 0 Å². The Morgan fingerprint density at radius 1 is 1.06 bits per heavy atom. The quantitative estimate of drug-likeness (QED) is 0.700. The Morgan fingerprint density at radius 2 is 1.72 bits per heavy atom. The van der Waals surface area contributed by atoms with Crippen LogP contribution in [0.1, 0.15) is 32.1 Å². The number of likely N-dealkylation sites (tertiary alicyclic amines) is 1. The standard InChI is InChI=1S/C13H21N3O2/c17-12-9-11(15-7-5-14-6-8-15)13(18)16(12)10-3-1-2-4-10/h10-11,14H,1-9H2. The van der Waals surface area contributed by atoms with Crippen molar-refractivity contribution in [1.29, 1.82) is 0 Å². The Balaban J connectivity index is 1.71. The third kappa shape index (κ3) is 2.06. The predicted octanol–water partition coefficient (Wildman–Crippen LogP) is -0.0383. The van der Waals surface area contributed by atoms with Gasteiger partial charge in [0, 0.05) is 32.2 Å². The van der Waals surface area contributed by atoms with Gasteiger partial charge in [-0.2, -0.15) is 0 Å². The lowest BCUT2D eigenvalue weighted by atomic mass is 10.2. The monoisotopic (exact) mass is 251 g/mol. The molecule has 2 amide bonds. The highest BCUT2D eigenvalue weighted by Crippen LogP contribution is 2.29. The van der Waals surface area contributed by atoms with E-state index in [0.717, 1.165) is 51.9 Å². The van der Waals surface area contributed by atoms with Gasteiger partial charge in [0.2, 0.25) is 11.8 Å². The van der Waals surface area contributed by atoms with Crippen molar-refractivity contribution >= 4 is 11.8 Å². The highest BCUT2D eigenvalue weighted by Gasteiger charge is 2.45. The largest absolute Gasteiger partial charge is 0.314 e. The molecule has 100 valence electrons. The molecule has 1 unspecified atom stereocenters. The van der Waals surface area contributed by atoms with E-state index in [1.807, 2.05) is 0 Å². The molecular weight excluding hydrogens is 230 g/mol. The molecule has 0 bridgehead atoms. The second-order valence-electron chi connectivity index (χ2n) is 5.55. The van der Waals surface area contributed by atoms with Crippen molar-refractivity contribution in [3.63, 3.8) is 0 Å². The minimum Gasteiger partial charge on any atom is -0.314 e. The van der Waals surface area contributed by atoms with Gasteiger partial charge in [0.05, 0.1) is 12.5 Å². The van der Waals surface area contributed by atoms with Crippen molar-refractivity contribution in [3.8, 4) is 0 Å². The predicted molar refractivity (Wildman–Crippen MR) is 67.0 cm³/mol. The lowest BCUT2D eigenvalue weighted by Crippen LogP contribution is -2.51. The van der Waals surface area contributed by atoms with Crippen molar-refractivity contribution in [2.24, 2.45) is 0 Å². The van der Waals surface area contributed by atoms with Crippen molar-refractivity contribution in [2.75, 3.05) is 26.2 Å². The molecule has 18 heavy (non-hydrogen) atoms. The molecule has 5 nitrogen and oxygen atoms in total. The van der Waals surface area contributed by atoms with E-state index >= 15 is 0 Å². The van der Waals surface area contributed by atoms with Crippen LogP contribution in [0, 0.1) is 0 Å². The number of hydrogen-bond donors (Lipinski definition) is 1. The maximum Gasteiger partial charge on any atom is 0.247 e. The molecule has 0 aromatic carbocycles. The van der Waals surface area contributed by atoms with E-state index in [1.54, 1.807) is 4.90 Å². The molecule has 1 aliphatic carbocycles. The number of hydrogen-bond acceptors (Lipinski definition) is 4. The number of carbonyl (C=O) groups excluding carboxylic acids is 2. The highest BCUT2D eigenvalue weighted by atomic mass is 16.2. The Kier molecular flexibility index (Phi) is 3.35. The maximum atomic E-state index is 12.4. The Bertz CT molecular complexity index is 346. The SMILES string of the molecule is O=C1CC(N2CCNCC2)C(=O)N1C1CCCC1. The van der Waals surface area contributed by atoms with Crippen LogP contribution in [0.2, 0.25) is 0 Å². The third-order valence-corrected chi connectivity index (χ3v) is 4.44. The molecule has 1 N–H and O–H groups in total. The van der Waals surface area contributed by atoms with Gasteiger partial charge in [-0.1, -0.05) is 12.8 Å². The van der Waals surface area contributed by atoms with E-state index in [1.165, 1.54) is 0 Å². The molecule has 0 spiro atoms. The van der Waals surface area contributed by atoms with Crippen LogP contribution in [0.25, 0.3) is 0 Å². The molecule has 0 aromatic heterocycles. The minimum absolute atomic E-state index is 0.0513. The van der Waals surface area contributed by atoms with Crippen molar-refractivity contribution in [3.05, 3.63) is 0 Å². The van der Waals surface area contributed by atoms with Gasteiger partial charge in [-0.3, -0.25) is 19.4 Å². The summed E-state index contributed by atoms with van der Waals surface area (Å²) in [6, 6.07) is 0.0121. The molecular formula is C13H21N3O2. The van der Waals surface area contributed by atoms with E-state index in [9.17, 15) is 9.59 Å². The highest BCUT2D eigenvalue weighted by molar-refractivity contribution is 6.05. The lowest BCUT2D eigenvalue weighted by molar-refractivity contribution is -0.142. The molecule has 2 aliphatic heterocycles. The molecule has 0 aromatic rings. The molecule has 3 fully saturated rings. The zero-order chi connectivity index (χ0) is 12.5. The van der Waals surface area contributed by atoms with Crippen LogP contribution in [0.5, 0.6) is 0 Å². The number of rotatable bonds is 2. The van der Waals surface area contributed by atoms with Crippen LogP contribution in [0.15, 0.2) is 0 Å². The Morgan fingerprint density at radius 3 is 2.39 bits per heavy atom. The summed E-state index contributed by atoms with van der Waals surface area (Å²) in [6.07, 6.45) is 4.72. The Hall–Kier alpha value is -0.940. The molecule has 5 heteroatoms. The van der Waals surface area contributed by atoms with Crippen LogP contribution in [-0.2, 0) is 9.59 Å². The summed E-state index contributed by atoms with van der Waals surface area (Å²) in [5.74, 6) is 0.115. The van der Waals surface area contributed by atoms with E-state index in [-0.39, 0.29) is 23.9 Å². The molecule has 3 aliphatic rings. The van der Waals surface area contributed by atoms with Crippen LogP contribution >= 0.6 is 0 Å². The molecule has 2 heterocycles. The molecule has 1 atom stereocenters. The van der Waals surface area contributed by atoms with Crippen molar-refractivity contribution < 1.29 is 9.59 Å². The van der Waals surface area contributed by atoms with Gasteiger partial charge in [0.15, 0.2) is 0 Å². The Labute approximate surface area is 107 Å². The van der Waals surface area contributed by atoms with Gasteiger partial charge >= 0.3 is 0 Å². The van der Waals surface area contributed by atoms with Gasteiger partial charge in [-0.25, -0.2) is 0 Å². The number of carbonyl (C=O) groups is 2. The van der Waals surface area contributed by atoms with Crippen molar-refractivity contribution in [2.45, 2.75) is 44.2 Å². The van der Waals surface area contributed by atoms with Crippen LogP contribution in [-0.4, -0.2) is 59.9 Å².